The van der Waals surface area contributed by atoms with Gasteiger partial charge in [-0.25, -0.2) is 0 Å². The van der Waals surface area contributed by atoms with Crippen LogP contribution < -0.4 is 10.9 Å². The van der Waals surface area contributed by atoms with E-state index < -0.39 is 0 Å². The van der Waals surface area contributed by atoms with Crippen molar-refractivity contribution in [1.29, 1.82) is 0 Å². The minimum absolute atomic E-state index is 0.0173. The van der Waals surface area contributed by atoms with Gasteiger partial charge in [0.1, 0.15) is 6.10 Å². The number of nitrogens with one attached hydrogen (secondary N) is 2. The molecule has 0 amide bonds. The minimum atomic E-state index is -0.0173. The van der Waals surface area contributed by atoms with Gasteiger partial charge in [-0.05, 0) is 43.5 Å². The predicted molar refractivity (Wildman–Crippen MR) is 96.5 cm³/mol. The zero-order chi connectivity index (χ0) is 17.1. The molecular formula is C19H32N2O2. The Kier molecular flexibility index (Phi) is 9.80. The third kappa shape index (κ3) is 7.75. The zero-order valence-electron chi connectivity index (χ0n) is 15.2. The molecule has 1 aromatic carbocycles. The van der Waals surface area contributed by atoms with Crippen LogP contribution in [0.4, 0.5) is 0 Å². The number of hydrogen-bond acceptors (Lipinski definition) is 4. The van der Waals surface area contributed by atoms with Gasteiger partial charge in [-0.2, -0.15) is 0 Å². The average molecular weight is 320 g/mol. The normalized spacial score (nSPS) is 13.1. The van der Waals surface area contributed by atoms with E-state index in [4.69, 9.17) is 9.47 Å². The third-order valence-corrected chi connectivity index (χ3v) is 3.70. The highest BCUT2D eigenvalue weighted by Gasteiger charge is 2.12. The molecule has 0 aliphatic rings. The molecule has 1 unspecified atom stereocenters. The number of rotatable bonds is 11. The predicted octanol–water partition coefficient (Wildman–Crippen LogP) is 3.31. The lowest BCUT2D eigenvalue weighted by molar-refractivity contribution is 0.0227. The molecule has 0 bridgehead atoms. The van der Waals surface area contributed by atoms with Crippen molar-refractivity contribution in [1.82, 2.24) is 10.9 Å². The summed E-state index contributed by atoms with van der Waals surface area (Å²) in [5.74, 6) is 0.509. The molecule has 0 spiro atoms. The van der Waals surface area contributed by atoms with Gasteiger partial charge in [0.15, 0.2) is 0 Å². The number of hydrazine groups is 1. The van der Waals surface area contributed by atoms with E-state index in [1.807, 2.05) is 7.05 Å². The molecule has 0 aromatic heterocycles. The summed E-state index contributed by atoms with van der Waals surface area (Å²) in [6.45, 7) is 11.3. The van der Waals surface area contributed by atoms with Crippen molar-refractivity contribution in [2.45, 2.75) is 33.8 Å². The Labute approximate surface area is 141 Å². The van der Waals surface area contributed by atoms with E-state index in [9.17, 15) is 0 Å². The maximum Gasteiger partial charge on any atom is 0.101 e. The quantitative estimate of drug-likeness (QED) is 0.373. The van der Waals surface area contributed by atoms with Gasteiger partial charge in [-0.1, -0.05) is 44.2 Å². The number of benzene rings is 1. The van der Waals surface area contributed by atoms with E-state index >= 15 is 0 Å². The number of allylic oxidation sites excluding steroid dienone is 1. The molecule has 0 aliphatic heterocycles. The molecule has 0 saturated heterocycles. The van der Waals surface area contributed by atoms with E-state index in [2.05, 4.69) is 68.9 Å². The van der Waals surface area contributed by atoms with Crippen LogP contribution in [0.25, 0.3) is 0 Å². The van der Waals surface area contributed by atoms with Crippen LogP contribution in [0.5, 0.6) is 0 Å². The molecule has 1 rings (SSSR count). The van der Waals surface area contributed by atoms with E-state index in [1.165, 1.54) is 16.7 Å². The fourth-order valence-corrected chi connectivity index (χ4v) is 2.24. The Bertz CT molecular complexity index is 472. The molecule has 0 heterocycles. The lowest BCUT2D eigenvalue weighted by atomic mass is 9.98. The number of aryl methyl sites for hydroxylation is 1. The fourth-order valence-electron chi connectivity index (χ4n) is 2.24. The molecule has 0 fully saturated rings. The molecule has 0 aliphatic carbocycles. The second-order valence-electron chi connectivity index (χ2n) is 6.00. The summed E-state index contributed by atoms with van der Waals surface area (Å²) in [4.78, 5) is 0. The summed E-state index contributed by atoms with van der Waals surface area (Å²) in [5.41, 5.74) is 9.69. The molecule has 2 N–H and O–H groups in total. The summed E-state index contributed by atoms with van der Waals surface area (Å²) < 4.78 is 11.6. The molecular weight excluding hydrogens is 288 g/mol. The van der Waals surface area contributed by atoms with E-state index in [-0.39, 0.29) is 6.10 Å². The molecule has 0 radical (unpaired) electrons. The largest absolute Gasteiger partial charge is 0.378 e. The first kappa shape index (κ1) is 19.8. The highest BCUT2D eigenvalue weighted by atomic mass is 16.5. The molecule has 4 heteroatoms. The van der Waals surface area contributed by atoms with Gasteiger partial charge in [0.25, 0.3) is 0 Å². The summed E-state index contributed by atoms with van der Waals surface area (Å²) in [6, 6.07) is 6.38. The van der Waals surface area contributed by atoms with Crippen molar-refractivity contribution < 1.29 is 9.47 Å². The van der Waals surface area contributed by atoms with Crippen LogP contribution >= 0.6 is 0 Å². The van der Waals surface area contributed by atoms with Crippen LogP contribution in [-0.2, 0) is 9.47 Å². The maximum absolute atomic E-state index is 6.07. The molecule has 4 nitrogen and oxygen atoms in total. The Balaban J connectivity index is 2.58. The molecule has 1 aromatic rings. The number of ether oxygens (including phenoxy) is 2. The van der Waals surface area contributed by atoms with Crippen molar-refractivity contribution >= 4 is 0 Å². The summed E-state index contributed by atoms with van der Waals surface area (Å²) >= 11 is 0. The molecule has 1 atom stereocenters. The van der Waals surface area contributed by atoms with Gasteiger partial charge in [0.05, 0.1) is 19.8 Å². The van der Waals surface area contributed by atoms with Gasteiger partial charge >= 0.3 is 0 Å². The Hall–Kier alpha value is -1.20. The van der Waals surface area contributed by atoms with Gasteiger partial charge < -0.3 is 9.47 Å². The van der Waals surface area contributed by atoms with E-state index in [0.717, 1.165) is 6.54 Å². The highest BCUT2D eigenvalue weighted by Crippen LogP contribution is 2.25. The highest BCUT2D eigenvalue weighted by molar-refractivity contribution is 5.36. The second-order valence-corrected chi connectivity index (χ2v) is 6.00. The van der Waals surface area contributed by atoms with Crippen LogP contribution in [0, 0.1) is 19.8 Å². The molecule has 23 heavy (non-hydrogen) atoms. The lowest BCUT2D eigenvalue weighted by Gasteiger charge is -2.19. The maximum atomic E-state index is 6.07. The third-order valence-electron chi connectivity index (χ3n) is 3.70. The Morgan fingerprint density at radius 3 is 2.57 bits per heavy atom. The van der Waals surface area contributed by atoms with Crippen LogP contribution in [0.15, 0.2) is 30.4 Å². The standard InChI is InChI=1S/C19H32N2O2/c1-15(2)9-10-19(18-8-6-7-16(3)17(18)4)23-14-13-22-12-11-21-20-5/h6-10,15,19-21H,11-14H2,1-5H3/b10-9+. The van der Waals surface area contributed by atoms with Gasteiger partial charge in [0.2, 0.25) is 0 Å². The SMILES string of the molecule is CNNCCOCCOC(/C=C/C(C)C)c1cccc(C)c1C. The van der Waals surface area contributed by atoms with Crippen molar-refractivity contribution in [3.05, 3.63) is 47.0 Å². The lowest BCUT2D eigenvalue weighted by Crippen LogP contribution is -2.31. The van der Waals surface area contributed by atoms with Crippen LogP contribution in [-0.4, -0.2) is 33.4 Å². The first-order chi connectivity index (χ1) is 11.1. The average Bonchev–Trinajstić information content (AvgIpc) is 2.52. The van der Waals surface area contributed by atoms with Crippen molar-refractivity contribution in [3.8, 4) is 0 Å². The van der Waals surface area contributed by atoms with Gasteiger partial charge in [-0.15, -0.1) is 0 Å². The molecule has 130 valence electrons. The Morgan fingerprint density at radius 1 is 1.09 bits per heavy atom. The smallest absolute Gasteiger partial charge is 0.101 e. The van der Waals surface area contributed by atoms with Crippen LogP contribution in [0.3, 0.4) is 0 Å². The van der Waals surface area contributed by atoms with E-state index in [0.29, 0.717) is 25.7 Å². The number of hydrogen-bond donors (Lipinski definition) is 2. The summed E-state index contributed by atoms with van der Waals surface area (Å²) in [6.07, 6.45) is 4.34. The summed E-state index contributed by atoms with van der Waals surface area (Å²) in [7, 11) is 1.85. The van der Waals surface area contributed by atoms with Gasteiger partial charge in [0, 0.05) is 6.54 Å². The second kappa shape index (κ2) is 11.4. The first-order valence-corrected chi connectivity index (χ1v) is 8.39. The van der Waals surface area contributed by atoms with Gasteiger partial charge in [-0.3, -0.25) is 10.9 Å². The monoisotopic (exact) mass is 320 g/mol. The van der Waals surface area contributed by atoms with Crippen molar-refractivity contribution in [2.24, 2.45) is 5.92 Å². The minimum Gasteiger partial charge on any atom is -0.378 e. The van der Waals surface area contributed by atoms with Crippen molar-refractivity contribution in [2.75, 3.05) is 33.4 Å². The first-order valence-electron chi connectivity index (χ1n) is 8.39. The topological polar surface area (TPSA) is 42.5 Å². The molecule has 0 saturated carbocycles. The van der Waals surface area contributed by atoms with E-state index in [1.54, 1.807) is 0 Å². The Morgan fingerprint density at radius 2 is 1.87 bits per heavy atom. The van der Waals surface area contributed by atoms with Crippen molar-refractivity contribution in [3.63, 3.8) is 0 Å². The van der Waals surface area contributed by atoms with Crippen LogP contribution in [0.2, 0.25) is 0 Å². The van der Waals surface area contributed by atoms with Crippen LogP contribution in [0.1, 0.15) is 36.6 Å². The fraction of sp³-hybridized carbons (Fsp3) is 0.579. The summed E-state index contributed by atoms with van der Waals surface area (Å²) in [5, 5.41) is 0. The zero-order valence-corrected chi connectivity index (χ0v) is 15.2.